The van der Waals surface area contributed by atoms with E-state index in [0.717, 1.165) is 31.4 Å². The molecule has 0 aromatic heterocycles. The molecule has 6 heteroatoms. The Bertz CT molecular complexity index is 429. The van der Waals surface area contributed by atoms with E-state index in [4.69, 9.17) is 9.47 Å². The van der Waals surface area contributed by atoms with Crippen LogP contribution in [0.5, 0.6) is 0 Å². The predicted molar refractivity (Wildman–Crippen MR) is 121 cm³/mol. The van der Waals surface area contributed by atoms with Crippen LogP contribution in [-0.4, -0.2) is 48.9 Å². The number of esters is 1. The van der Waals surface area contributed by atoms with E-state index in [1.54, 1.807) is 6.92 Å². The van der Waals surface area contributed by atoms with Crippen LogP contribution in [0.4, 0.5) is 0 Å². The summed E-state index contributed by atoms with van der Waals surface area (Å²) in [4.78, 5) is 22.2. The highest BCUT2D eigenvalue weighted by Crippen LogP contribution is 2.20. The standard InChI is InChI=1S/C23H44O5S/c1-6-21(27-19-23(4,7-2)28-18-22(25)26-5)16-14-12-10-8-9-11-13-15-17-29-20(3)24/h21H,6-19H2,1-5H3. The molecule has 0 aliphatic heterocycles. The van der Waals surface area contributed by atoms with E-state index in [-0.39, 0.29) is 23.8 Å². The van der Waals surface area contributed by atoms with Crippen LogP contribution in [0.15, 0.2) is 0 Å². The summed E-state index contributed by atoms with van der Waals surface area (Å²) < 4.78 is 16.5. The topological polar surface area (TPSA) is 61.8 Å². The van der Waals surface area contributed by atoms with Gasteiger partial charge in [0.15, 0.2) is 5.12 Å². The Morgan fingerprint density at radius 2 is 1.55 bits per heavy atom. The molecule has 29 heavy (non-hydrogen) atoms. The van der Waals surface area contributed by atoms with Crippen molar-refractivity contribution in [2.24, 2.45) is 0 Å². The molecule has 0 radical (unpaired) electrons. The Balaban J connectivity index is 3.77. The number of thioether (sulfide) groups is 1. The molecule has 2 atom stereocenters. The average molecular weight is 433 g/mol. The zero-order valence-electron chi connectivity index (χ0n) is 19.4. The molecule has 2 unspecified atom stereocenters. The van der Waals surface area contributed by atoms with Gasteiger partial charge in [0.2, 0.25) is 0 Å². The fraction of sp³-hybridized carbons (Fsp3) is 0.913. The Morgan fingerprint density at radius 3 is 2.07 bits per heavy atom. The lowest BCUT2D eigenvalue weighted by atomic mass is 10.0. The molecule has 5 nitrogen and oxygen atoms in total. The number of rotatable bonds is 19. The van der Waals surface area contributed by atoms with Gasteiger partial charge in [-0.2, -0.15) is 0 Å². The van der Waals surface area contributed by atoms with Crippen molar-refractivity contribution in [2.45, 2.75) is 110 Å². The Morgan fingerprint density at radius 1 is 0.966 bits per heavy atom. The molecule has 172 valence electrons. The monoisotopic (exact) mass is 432 g/mol. The molecule has 0 N–H and O–H groups in total. The lowest BCUT2D eigenvalue weighted by Gasteiger charge is -2.30. The number of methoxy groups -OCH3 is 1. The second-order valence-corrected chi connectivity index (χ2v) is 9.24. The largest absolute Gasteiger partial charge is 0.467 e. The van der Waals surface area contributed by atoms with E-state index < -0.39 is 5.60 Å². The van der Waals surface area contributed by atoms with Crippen molar-refractivity contribution in [1.82, 2.24) is 0 Å². The predicted octanol–water partition coefficient (Wildman–Crippen LogP) is 5.93. The average Bonchev–Trinajstić information content (AvgIpc) is 2.72. The first kappa shape index (κ1) is 28.4. The van der Waals surface area contributed by atoms with Gasteiger partial charge in [-0.25, -0.2) is 4.79 Å². The first-order valence-electron chi connectivity index (χ1n) is 11.3. The van der Waals surface area contributed by atoms with Crippen LogP contribution in [0, 0.1) is 0 Å². The molecule has 0 aliphatic rings. The summed E-state index contributed by atoms with van der Waals surface area (Å²) in [5, 5.41) is 0.229. The molecule has 0 aromatic rings. The van der Waals surface area contributed by atoms with Gasteiger partial charge in [0.25, 0.3) is 0 Å². The molecule has 0 bridgehead atoms. The summed E-state index contributed by atoms with van der Waals surface area (Å²) in [5.41, 5.74) is -0.454. The van der Waals surface area contributed by atoms with E-state index in [2.05, 4.69) is 11.7 Å². The summed E-state index contributed by atoms with van der Waals surface area (Å²) in [6.07, 6.45) is 13.1. The molecule has 0 heterocycles. The van der Waals surface area contributed by atoms with Gasteiger partial charge in [0.1, 0.15) is 6.61 Å². The molecule has 0 saturated heterocycles. The SMILES string of the molecule is CCC(CCCCCCCCCCSC(C)=O)OCC(C)(CC)OCC(=O)OC. The molecule has 0 aromatic carbocycles. The van der Waals surface area contributed by atoms with Gasteiger partial charge in [0.05, 0.1) is 25.4 Å². The zero-order valence-corrected chi connectivity index (χ0v) is 20.2. The fourth-order valence-corrected chi connectivity index (χ4v) is 3.62. The third-order valence-electron chi connectivity index (χ3n) is 5.32. The van der Waals surface area contributed by atoms with Crippen LogP contribution in [0.1, 0.15) is 98.3 Å². The van der Waals surface area contributed by atoms with Gasteiger partial charge in [0, 0.05) is 12.7 Å². The quantitative estimate of drug-likeness (QED) is 0.186. The second kappa shape index (κ2) is 18.2. The van der Waals surface area contributed by atoms with Crippen molar-refractivity contribution in [3.8, 4) is 0 Å². The third kappa shape index (κ3) is 16.8. The van der Waals surface area contributed by atoms with Crippen LogP contribution in [0.2, 0.25) is 0 Å². The van der Waals surface area contributed by atoms with Crippen molar-refractivity contribution in [3.63, 3.8) is 0 Å². The lowest BCUT2D eigenvalue weighted by Crippen LogP contribution is -2.37. The summed E-state index contributed by atoms with van der Waals surface area (Å²) in [6.45, 7) is 8.30. The van der Waals surface area contributed by atoms with Gasteiger partial charge < -0.3 is 14.2 Å². The summed E-state index contributed by atoms with van der Waals surface area (Å²) in [5.74, 6) is 0.616. The van der Waals surface area contributed by atoms with E-state index >= 15 is 0 Å². The number of hydrogen-bond acceptors (Lipinski definition) is 6. The summed E-state index contributed by atoms with van der Waals surface area (Å²) >= 11 is 1.44. The van der Waals surface area contributed by atoms with Crippen molar-refractivity contribution < 1.29 is 23.8 Å². The number of hydrogen-bond donors (Lipinski definition) is 0. The maximum atomic E-state index is 11.3. The molecule has 0 aliphatic carbocycles. The molecular formula is C23H44O5S. The fourth-order valence-electron chi connectivity index (χ4n) is 2.99. The maximum Gasteiger partial charge on any atom is 0.331 e. The highest BCUT2D eigenvalue weighted by Gasteiger charge is 2.26. The van der Waals surface area contributed by atoms with Gasteiger partial charge in [-0.15, -0.1) is 0 Å². The first-order valence-corrected chi connectivity index (χ1v) is 12.3. The number of unbranched alkanes of at least 4 members (excludes halogenated alkanes) is 7. The van der Waals surface area contributed by atoms with Crippen molar-refractivity contribution in [2.75, 3.05) is 26.1 Å². The first-order chi connectivity index (χ1) is 13.9. The van der Waals surface area contributed by atoms with Crippen LogP contribution in [0.25, 0.3) is 0 Å². The van der Waals surface area contributed by atoms with Crippen LogP contribution in [0.3, 0.4) is 0 Å². The summed E-state index contributed by atoms with van der Waals surface area (Å²) in [7, 11) is 1.37. The Kier molecular flexibility index (Phi) is 17.8. The van der Waals surface area contributed by atoms with Gasteiger partial charge in [-0.1, -0.05) is 70.6 Å². The molecule has 0 saturated carbocycles. The highest BCUT2D eigenvalue weighted by atomic mass is 32.2. The van der Waals surface area contributed by atoms with Crippen LogP contribution < -0.4 is 0 Å². The Hall–Kier alpha value is -0.590. The van der Waals surface area contributed by atoms with Crippen molar-refractivity contribution >= 4 is 22.8 Å². The van der Waals surface area contributed by atoms with E-state index in [1.165, 1.54) is 63.8 Å². The lowest BCUT2D eigenvalue weighted by molar-refractivity contribution is -0.159. The van der Waals surface area contributed by atoms with Gasteiger partial charge in [-0.3, -0.25) is 4.79 Å². The minimum Gasteiger partial charge on any atom is -0.467 e. The van der Waals surface area contributed by atoms with Gasteiger partial charge >= 0.3 is 5.97 Å². The minimum absolute atomic E-state index is 0.0312. The number of ether oxygens (including phenoxy) is 3. The number of carbonyl (C=O) groups excluding carboxylic acids is 2. The van der Waals surface area contributed by atoms with Crippen molar-refractivity contribution in [3.05, 3.63) is 0 Å². The molecule has 0 spiro atoms. The van der Waals surface area contributed by atoms with Gasteiger partial charge in [-0.05, 0) is 32.6 Å². The minimum atomic E-state index is -0.454. The smallest absolute Gasteiger partial charge is 0.331 e. The van der Waals surface area contributed by atoms with E-state index in [1.807, 2.05) is 13.8 Å². The molecule has 0 rings (SSSR count). The Labute approximate surface area is 183 Å². The van der Waals surface area contributed by atoms with Crippen LogP contribution in [-0.2, 0) is 23.8 Å². The summed E-state index contributed by atoms with van der Waals surface area (Å²) in [6, 6.07) is 0. The van der Waals surface area contributed by atoms with E-state index in [9.17, 15) is 9.59 Å². The molecule has 0 amide bonds. The third-order valence-corrected chi connectivity index (χ3v) is 6.22. The molecule has 0 fully saturated rings. The highest BCUT2D eigenvalue weighted by molar-refractivity contribution is 8.13. The van der Waals surface area contributed by atoms with Crippen molar-refractivity contribution in [1.29, 1.82) is 0 Å². The molecular weight excluding hydrogens is 388 g/mol. The van der Waals surface area contributed by atoms with Crippen LogP contribution >= 0.6 is 11.8 Å². The second-order valence-electron chi connectivity index (χ2n) is 7.97. The normalized spacial score (nSPS) is 14.4. The maximum absolute atomic E-state index is 11.3. The number of carbonyl (C=O) groups is 2. The zero-order chi connectivity index (χ0) is 22.0. The van der Waals surface area contributed by atoms with E-state index in [0.29, 0.717) is 6.61 Å².